The topological polar surface area (TPSA) is 110 Å². The molecule has 222 valence electrons. The number of allylic oxidation sites excluding steroid dienone is 2. The predicted octanol–water partition coefficient (Wildman–Crippen LogP) is 5.99. The Morgan fingerprint density at radius 1 is 1.03 bits per heavy atom. The SMILES string of the molecule is C[C@@H]1CC[C@]2(C(=O)O)CC[C@]3(C)C(=CCC4[C@@]5(C)C[C@@H](OC(=O)CN)[C@H](O)C(C)(C)C5CC[C@]43C)C2[C@H]1C.Cl. The number of hydrogen-bond acceptors (Lipinski definition) is 5. The Balaban J connectivity index is 0.00000353. The second kappa shape index (κ2) is 9.73. The third-order valence-corrected chi connectivity index (χ3v) is 13.8. The minimum absolute atomic E-state index is 0. The molecule has 7 heteroatoms. The van der Waals surface area contributed by atoms with Gasteiger partial charge in [-0.05, 0) is 103 Å². The molecule has 0 bridgehead atoms. The van der Waals surface area contributed by atoms with E-state index in [1.54, 1.807) is 0 Å². The number of carbonyl (C=O) groups is 2. The van der Waals surface area contributed by atoms with Gasteiger partial charge in [-0.3, -0.25) is 9.59 Å². The summed E-state index contributed by atoms with van der Waals surface area (Å²) in [5, 5.41) is 22.0. The lowest BCUT2D eigenvalue weighted by Gasteiger charge is -2.71. The van der Waals surface area contributed by atoms with Gasteiger partial charge >= 0.3 is 11.9 Å². The van der Waals surface area contributed by atoms with Gasteiger partial charge in [0.05, 0.1) is 18.1 Å². The van der Waals surface area contributed by atoms with Crippen LogP contribution in [0.5, 0.6) is 0 Å². The molecule has 0 amide bonds. The van der Waals surface area contributed by atoms with E-state index in [-0.39, 0.29) is 41.1 Å². The van der Waals surface area contributed by atoms with Crippen molar-refractivity contribution < 1.29 is 24.5 Å². The average molecular weight is 566 g/mol. The number of aliphatic carboxylic acids is 1. The van der Waals surface area contributed by atoms with Crippen molar-refractivity contribution in [2.75, 3.05) is 6.54 Å². The molecule has 0 aliphatic heterocycles. The van der Waals surface area contributed by atoms with E-state index in [0.717, 1.165) is 44.9 Å². The zero-order chi connectivity index (χ0) is 28.1. The molecule has 4 saturated carbocycles. The van der Waals surface area contributed by atoms with Crippen LogP contribution in [0.2, 0.25) is 0 Å². The summed E-state index contributed by atoms with van der Waals surface area (Å²) in [4.78, 5) is 25.1. The van der Waals surface area contributed by atoms with Crippen LogP contribution in [0.3, 0.4) is 0 Å². The van der Waals surface area contributed by atoms with Gasteiger partial charge in [-0.1, -0.05) is 60.1 Å². The standard InChI is InChI=1S/C32H51NO5.ClH/c1-18-10-13-32(27(36)37)15-14-30(6)20(25(32)19(18)2)8-9-23-29(5)16-21(38-24(34)17-33)26(35)28(3,4)22(29)11-12-31(23,30)7;/h8,18-19,21-23,25-26,35H,9-17,33H2,1-7H3,(H,36,37);1H/t18-,19+,21-,22?,23?,25?,26+,29+,30-,31-,32+;/m1./s1. The highest BCUT2D eigenvalue weighted by molar-refractivity contribution is 5.85. The fraction of sp³-hybridized carbons (Fsp3) is 0.875. The molecule has 0 aromatic carbocycles. The lowest BCUT2D eigenvalue weighted by molar-refractivity contribution is -0.238. The average Bonchev–Trinajstić information content (AvgIpc) is 2.84. The zero-order valence-electron chi connectivity index (χ0n) is 25.1. The molecule has 3 unspecified atom stereocenters. The van der Waals surface area contributed by atoms with E-state index >= 15 is 0 Å². The molecule has 4 N–H and O–H groups in total. The van der Waals surface area contributed by atoms with Crippen LogP contribution in [-0.2, 0) is 14.3 Å². The lowest BCUT2D eigenvalue weighted by atomic mass is 9.33. The number of halogens is 1. The molecule has 39 heavy (non-hydrogen) atoms. The normalized spacial score (nSPS) is 50.1. The third-order valence-electron chi connectivity index (χ3n) is 13.8. The molecule has 4 fully saturated rings. The maximum Gasteiger partial charge on any atom is 0.320 e. The van der Waals surface area contributed by atoms with Crippen LogP contribution in [0.1, 0.15) is 99.8 Å². The van der Waals surface area contributed by atoms with Gasteiger partial charge in [0.15, 0.2) is 0 Å². The molecule has 0 radical (unpaired) electrons. The van der Waals surface area contributed by atoms with E-state index in [4.69, 9.17) is 10.5 Å². The van der Waals surface area contributed by atoms with E-state index in [2.05, 4.69) is 54.5 Å². The van der Waals surface area contributed by atoms with Crippen LogP contribution in [-0.4, -0.2) is 40.9 Å². The summed E-state index contributed by atoms with van der Waals surface area (Å²) in [6, 6.07) is 0. The first-order chi connectivity index (χ1) is 17.6. The van der Waals surface area contributed by atoms with Gasteiger partial charge in [-0.15, -0.1) is 12.4 Å². The number of carbonyl (C=O) groups excluding carboxylic acids is 1. The first-order valence-corrected chi connectivity index (χ1v) is 15.1. The molecule has 0 heterocycles. The molecule has 0 aromatic heterocycles. The van der Waals surface area contributed by atoms with Gasteiger partial charge in [0.25, 0.3) is 0 Å². The maximum absolute atomic E-state index is 12.9. The number of aliphatic hydroxyl groups is 1. The van der Waals surface area contributed by atoms with E-state index in [1.165, 1.54) is 5.57 Å². The van der Waals surface area contributed by atoms with Crippen molar-refractivity contribution in [1.82, 2.24) is 0 Å². The number of ether oxygens (including phenoxy) is 1. The third kappa shape index (κ3) is 3.93. The summed E-state index contributed by atoms with van der Waals surface area (Å²) < 4.78 is 5.79. The lowest BCUT2D eigenvalue weighted by Crippen LogP contribution is -2.67. The summed E-state index contributed by atoms with van der Waals surface area (Å²) in [5.74, 6) is 0.580. The molecule has 5 aliphatic rings. The van der Waals surface area contributed by atoms with Gasteiger partial charge in [-0.25, -0.2) is 0 Å². The number of carboxylic acids is 1. The fourth-order valence-corrected chi connectivity index (χ4v) is 11.3. The van der Waals surface area contributed by atoms with Gasteiger partial charge in [0.2, 0.25) is 0 Å². The zero-order valence-corrected chi connectivity index (χ0v) is 25.9. The molecule has 6 nitrogen and oxygen atoms in total. The van der Waals surface area contributed by atoms with Crippen molar-refractivity contribution in [3.8, 4) is 0 Å². The maximum atomic E-state index is 12.9. The van der Waals surface area contributed by atoms with Crippen LogP contribution in [0, 0.1) is 56.7 Å². The van der Waals surface area contributed by atoms with Crippen molar-refractivity contribution in [2.45, 2.75) is 112 Å². The van der Waals surface area contributed by atoms with Gasteiger partial charge in [0.1, 0.15) is 6.10 Å². The van der Waals surface area contributed by atoms with Crippen LogP contribution in [0.25, 0.3) is 0 Å². The smallest absolute Gasteiger partial charge is 0.320 e. The number of nitrogens with two attached hydrogens (primary N) is 1. The summed E-state index contributed by atoms with van der Waals surface area (Å²) in [6.07, 6.45) is 8.29. The molecule has 5 rings (SSSR count). The number of aliphatic hydroxyl groups excluding tert-OH is 1. The molecule has 0 aromatic rings. The number of fused-ring (bicyclic) bond motifs is 7. The summed E-state index contributed by atoms with van der Waals surface area (Å²) in [5.41, 5.74) is 5.80. The first kappa shape index (κ1) is 30.8. The first-order valence-electron chi connectivity index (χ1n) is 15.1. The van der Waals surface area contributed by atoms with Crippen molar-refractivity contribution in [3.05, 3.63) is 11.6 Å². The second-order valence-electron chi connectivity index (χ2n) is 15.3. The van der Waals surface area contributed by atoms with E-state index in [9.17, 15) is 19.8 Å². The molecule has 0 spiro atoms. The molecule has 5 aliphatic carbocycles. The van der Waals surface area contributed by atoms with Crippen molar-refractivity contribution in [1.29, 1.82) is 0 Å². The molecular formula is C32H52ClNO5. The van der Waals surface area contributed by atoms with Crippen LogP contribution < -0.4 is 5.73 Å². The summed E-state index contributed by atoms with van der Waals surface area (Å²) >= 11 is 0. The highest BCUT2D eigenvalue weighted by Gasteiger charge is 2.70. The van der Waals surface area contributed by atoms with Gasteiger partial charge in [-0.2, -0.15) is 0 Å². The van der Waals surface area contributed by atoms with E-state index in [0.29, 0.717) is 30.1 Å². The number of rotatable bonds is 3. The predicted molar refractivity (Wildman–Crippen MR) is 154 cm³/mol. The number of carboxylic acid groups (broad SMARTS) is 1. The van der Waals surface area contributed by atoms with Gasteiger partial charge < -0.3 is 20.7 Å². The Kier molecular flexibility index (Phi) is 7.69. The largest absolute Gasteiger partial charge is 0.481 e. The number of hydrogen-bond donors (Lipinski definition) is 3. The van der Waals surface area contributed by atoms with E-state index in [1.807, 2.05) is 0 Å². The second-order valence-corrected chi connectivity index (χ2v) is 15.3. The highest BCUT2D eigenvalue weighted by Crippen LogP contribution is 2.75. The Morgan fingerprint density at radius 2 is 1.69 bits per heavy atom. The molecular weight excluding hydrogens is 514 g/mol. The Morgan fingerprint density at radius 3 is 2.31 bits per heavy atom. The Bertz CT molecular complexity index is 1040. The fourth-order valence-electron chi connectivity index (χ4n) is 11.3. The van der Waals surface area contributed by atoms with Crippen molar-refractivity contribution in [2.24, 2.45) is 62.4 Å². The Hall–Kier alpha value is -1.11. The molecule has 0 saturated heterocycles. The number of esters is 1. The minimum Gasteiger partial charge on any atom is -0.481 e. The quantitative estimate of drug-likeness (QED) is 0.286. The summed E-state index contributed by atoms with van der Waals surface area (Å²) in [6.45, 7) is 16.0. The van der Waals surface area contributed by atoms with Crippen LogP contribution >= 0.6 is 12.4 Å². The Labute approximate surface area is 241 Å². The minimum atomic E-state index is -0.721. The van der Waals surface area contributed by atoms with Crippen LogP contribution in [0.4, 0.5) is 0 Å². The van der Waals surface area contributed by atoms with Crippen LogP contribution in [0.15, 0.2) is 11.6 Å². The van der Waals surface area contributed by atoms with Gasteiger partial charge in [0, 0.05) is 0 Å². The highest BCUT2D eigenvalue weighted by atomic mass is 35.5. The van der Waals surface area contributed by atoms with Crippen molar-refractivity contribution >= 4 is 24.3 Å². The summed E-state index contributed by atoms with van der Waals surface area (Å²) in [7, 11) is 0. The molecule has 11 atom stereocenters. The van der Waals surface area contributed by atoms with Crippen molar-refractivity contribution in [3.63, 3.8) is 0 Å². The van der Waals surface area contributed by atoms with E-state index < -0.39 is 35.0 Å². The monoisotopic (exact) mass is 565 g/mol.